The first-order valence-corrected chi connectivity index (χ1v) is 6.48. The topological polar surface area (TPSA) is 43.4 Å². The third-order valence-corrected chi connectivity index (χ3v) is 3.43. The second-order valence-corrected chi connectivity index (χ2v) is 5.30. The molecule has 1 rings (SSSR count). The number of ether oxygens (including phenoxy) is 1. The Morgan fingerprint density at radius 3 is 2.35 bits per heavy atom. The molecule has 3 nitrogen and oxygen atoms in total. The average Bonchev–Trinajstić information content (AvgIpc) is 2.35. The van der Waals surface area contributed by atoms with Crippen molar-refractivity contribution in [3.8, 4) is 0 Å². The summed E-state index contributed by atoms with van der Waals surface area (Å²) in [6.45, 7) is 3.84. The number of hydrogen-bond acceptors (Lipinski definition) is 3. The molecule has 17 heavy (non-hydrogen) atoms. The molecule has 0 saturated carbocycles. The highest BCUT2D eigenvalue weighted by Gasteiger charge is 2.19. The molecule has 1 aromatic carbocycles. The predicted molar refractivity (Wildman–Crippen MR) is 67.8 cm³/mol. The highest BCUT2D eigenvalue weighted by atomic mass is 32.2. The minimum absolute atomic E-state index is 0.136. The third-order valence-electron chi connectivity index (χ3n) is 2.03. The van der Waals surface area contributed by atoms with Gasteiger partial charge in [-0.3, -0.25) is 0 Å². The molecule has 0 N–H and O–H groups in total. The first kappa shape index (κ1) is 13.6. The molecule has 1 atom stereocenters. The molecule has 0 radical (unpaired) electrons. The van der Waals surface area contributed by atoms with E-state index >= 15 is 0 Å². The first-order valence-electron chi connectivity index (χ1n) is 5.33. The number of esters is 1. The molecule has 1 aromatic rings. The summed E-state index contributed by atoms with van der Waals surface area (Å²) >= 11 is 0. The van der Waals surface area contributed by atoms with E-state index in [9.17, 15) is 9.00 Å². The molecule has 0 aliphatic rings. The molecule has 92 valence electrons. The number of rotatable bonds is 4. The fourth-order valence-electron chi connectivity index (χ4n) is 1.28. The van der Waals surface area contributed by atoms with Crippen molar-refractivity contribution in [2.75, 3.05) is 7.11 Å². The van der Waals surface area contributed by atoms with Crippen molar-refractivity contribution >= 4 is 16.8 Å². The zero-order chi connectivity index (χ0) is 12.8. The van der Waals surface area contributed by atoms with Gasteiger partial charge in [0.25, 0.3) is 0 Å². The third kappa shape index (κ3) is 3.82. The highest BCUT2D eigenvalue weighted by molar-refractivity contribution is 7.90. The van der Waals surface area contributed by atoms with Gasteiger partial charge in [0.15, 0.2) is 0 Å². The van der Waals surface area contributed by atoms with Crippen molar-refractivity contribution in [3.05, 3.63) is 41.3 Å². The Labute approximate surface area is 104 Å². The van der Waals surface area contributed by atoms with Crippen LogP contribution in [-0.2, 0) is 20.3 Å². The van der Waals surface area contributed by atoms with E-state index < -0.39 is 16.8 Å². The normalized spacial score (nSPS) is 13.5. The van der Waals surface area contributed by atoms with Crippen molar-refractivity contribution in [1.29, 1.82) is 0 Å². The van der Waals surface area contributed by atoms with Crippen molar-refractivity contribution in [3.63, 3.8) is 0 Å². The second-order valence-electron chi connectivity index (χ2n) is 3.85. The van der Waals surface area contributed by atoms with Gasteiger partial charge < -0.3 is 4.74 Å². The Bertz CT molecular complexity index is 435. The monoisotopic (exact) mass is 252 g/mol. The van der Waals surface area contributed by atoms with Crippen LogP contribution in [0.5, 0.6) is 0 Å². The molecule has 4 heteroatoms. The molecule has 0 aliphatic carbocycles. The molecule has 0 aliphatic heterocycles. The minimum atomic E-state index is -1.49. The lowest BCUT2D eigenvalue weighted by Gasteiger charge is -2.07. The summed E-state index contributed by atoms with van der Waals surface area (Å²) in [5.41, 5.74) is 0. The van der Waals surface area contributed by atoms with Crippen LogP contribution in [0, 0.1) is 5.92 Å². The van der Waals surface area contributed by atoms with E-state index in [0.29, 0.717) is 4.90 Å². The lowest BCUT2D eigenvalue weighted by Crippen LogP contribution is -2.11. The van der Waals surface area contributed by atoms with Crippen LogP contribution < -0.4 is 0 Å². The molecule has 1 unspecified atom stereocenters. The predicted octanol–water partition coefficient (Wildman–Crippen LogP) is 2.51. The summed E-state index contributed by atoms with van der Waals surface area (Å²) in [4.78, 5) is 12.4. The van der Waals surface area contributed by atoms with E-state index in [1.807, 2.05) is 19.9 Å². The van der Waals surface area contributed by atoms with Crippen molar-refractivity contribution in [1.82, 2.24) is 0 Å². The molecule has 0 heterocycles. The van der Waals surface area contributed by atoms with Crippen molar-refractivity contribution in [2.45, 2.75) is 18.7 Å². The first-order chi connectivity index (χ1) is 8.06. The van der Waals surface area contributed by atoms with Gasteiger partial charge in [-0.1, -0.05) is 38.1 Å². The second kappa shape index (κ2) is 6.35. The molecular formula is C13H16O3S. The Morgan fingerprint density at radius 1 is 1.29 bits per heavy atom. The van der Waals surface area contributed by atoms with Crippen molar-refractivity contribution in [2.24, 2.45) is 5.92 Å². The summed E-state index contributed by atoms with van der Waals surface area (Å²) in [5.74, 6) is -0.405. The summed E-state index contributed by atoms with van der Waals surface area (Å²) in [6.07, 6.45) is 1.68. The van der Waals surface area contributed by atoms with E-state index in [0.717, 1.165) is 0 Å². The fourth-order valence-corrected chi connectivity index (χ4v) is 2.57. The molecule has 0 bridgehead atoms. The van der Waals surface area contributed by atoms with Crippen LogP contribution in [0.15, 0.2) is 46.2 Å². The van der Waals surface area contributed by atoms with Crippen LogP contribution in [0.3, 0.4) is 0 Å². The lowest BCUT2D eigenvalue weighted by molar-refractivity contribution is -0.135. The maximum atomic E-state index is 12.2. The number of allylic oxidation sites excluding steroid dienone is 1. The summed E-state index contributed by atoms with van der Waals surface area (Å²) in [5, 5.41) is 0. The molecule has 0 spiro atoms. The Morgan fingerprint density at radius 2 is 1.88 bits per heavy atom. The largest absolute Gasteiger partial charge is 0.465 e. The van der Waals surface area contributed by atoms with Gasteiger partial charge >= 0.3 is 5.97 Å². The zero-order valence-electron chi connectivity index (χ0n) is 10.2. The van der Waals surface area contributed by atoms with E-state index in [1.165, 1.54) is 7.11 Å². The highest BCUT2D eigenvalue weighted by Crippen LogP contribution is 2.17. The summed E-state index contributed by atoms with van der Waals surface area (Å²) in [6, 6.07) is 8.88. The molecular weight excluding hydrogens is 236 g/mol. The number of benzene rings is 1. The van der Waals surface area contributed by atoms with Crippen LogP contribution in [0.25, 0.3) is 0 Å². The fraction of sp³-hybridized carbons (Fsp3) is 0.308. The van der Waals surface area contributed by atoms with Gasteiger partial charge in [0.2, 0.25) is 0 Å². The SMILES string of the molecule is COC(=O)/C(=C\C(C)C)S(=O)c1ccccc1. The van der Waals surface area contributed by atoms with E-state index in [4.69, 9.17) is 0 Å². The zero-order valence-corrected chi connectivity index (χ0v) is 11.0. The lowest BCUT2D eigenvalue weighted by atomic mass is 10.2. The van der Waals surface area contributed by atoms with Crippen molar-refractivity contribution < 1.29 is 13.7 Å². The Hall–Kier alpha value is -1.42. The van der Waals surface area contributed by atoms with Crippen LogP contribution in [-0.4, -0.2) is 17.3 Å². The molecule has 0 saturated heterocycles. The van der Waals surface area contributed by atoms with Gasteiger partial charge in [0.05, 0.1) is 17.9 Å². The van der Waals surface area contributed by atoms with Crippen LogP contribution in [0.1, 0.15) is 13.8 Å². The van der Waals surface area contributed by atoms with Gasteiger partial charge in [0, 0.05) is 4.90 Å². The number of methoxy groups -OCH3 is 1. The number of carbonyl (C=O) groups excluding carboxylic acids is 1. The van der Waals surface area contributed by atoms with Crippen LogP contribution in [0.2, 0.25) is 0 Å². The minimum Gasteiger partial charge on any atom is -0.465 e. The molecule has 0 fully saturated rings. The summed E-state index contributed by atoms with van der Waals surface area (Å²) < 4.78 is 16.9. The quantitative estimate of drug-likeness (QED) is 0.611. The molecule has 0 amide bonds. The van der Waals surface area contributed by atoms with Crippen LogP contribution >= 0.6 is 0 Å². The van der Waals surface area contributed by atoms with E-state index in [-0.39, 0.29) is 10.8 Å². The molecule has 0 aromatic heterocycles. The van der Waals surface area contributed by atoms with Crippen LogP contribution in [0.4, 0.5) is 0 Å². The van der Waals surface area contributed by atoms with Gasteiger partial charge in [-0.2, -0.15) is 0 Å². The van der Waals surface area contributed by atoms with E-state index in [1.54, 1.807) is 30.3 Å². The standard InChI is InChI=1S/C13H16O3S/c1-10(2)9-12(13(14)16-3)17(15)11-7-5-4-6-8-11/h4-10H,1-3H3/b12-9+. The maximum Gasteiger partial charge on any atom is 0.346 e. The van der Waals surface area contributed by atoms with Gasteiger partial charge in [0.1, 0.15) is 4.91 Å². The summed E-state index contributed by atoms with van der Waals surface area (Å²) in [7, 11) is -0.195. The smallest absolute Gasteiger partial charge is 0.346 e. The maximum absolute atomic E-state index is 12.2. The van der Waals surface area contributed by atoms with E-state index in [2.05, 4.69) is 4.74 Å². The Kier molecular flexibility index (Phi) is 5.10. The Balaban J connectivity index is 3.08. The number of hydrogen-bond donors (Lipinski definition) is 0. The van der Waals surface area contributed by atoms with Gasteiger partial charge in [-0.25, -0.2) is 9.00 Å². The van der Waals surface area contributed by atoms with Gasteiger partial charge in [-0.15, -0.1) is 0 Å². The average molecular weight is 252 g/mol. The number of carbonyl (C=O) groups is 1. The van der Waals surface area contributed by atoms with Gasteiger partial charge in [-0.05, 0) is 18.1 Å².